The summed E-state index contributed by atoms with van der Waals surface area (Å²) in [6, 6.07) is 118. The molecule has 0 aromatic heterocycles. The molecule has 20 rings (SSSR count). The third kappa shape index (κ3) is 11.2. The molecule has 4 nitrogen and oxygen atoms in total. The fourth-order valence-corrected chi connectivity index (χ4v) is 20.3. The number of anilines is 9. The van der Waals surface area contributed by atoms with Crippen molar-refractivity contribution in [3.63, 3.8) is 0 Å². The molecule has 0 saturated heterocycles. The van der Waals surface area contributed by atoms with E-state index in [1.54, 1.807) is 0 Å². The monoisotopic (exact) mass is 1460 g/mol. The fourth-order valence-electron chi connectivity index (χ4n) is 20.3. The SMILES string of the molecule is Cc1cccc(C)c1-c1ccc(N2c3ccc(-c4c(C)cccc4C)cc3B3c4cc5c(cc4Oc4cc(-c6c(C)cccc6C)cc2c43)N(c2c(-c3ccccc3)cccc2-c2ccccc2)c2cc(-c3c(C)cccc3C)cc3c2B5c2cc(-c4c(C)cccc4C)ccc2N3c2ccc(-c3c(C)cccc3C)cc2)cc1. The Labute approximate surface area is 672 Å². The van der Waals surface area contributed by atoms with Gasteiger partial charge < -0.3 is 19.4 Å². The molecule has 0 amide bonds. The van der Waals surface area contributed by atoms with Crippen molar-refractivity contribution in [1.82, 2.24) is 0 Å². The Hall–Kier alpha value is -13.2. The van der Waals surface area contributed by atoms with Gasteiger partial charge in [-0.05, 0) is 321 Å². The second-order valence-corrected chi connectivity index (χ2v) is 32.4. The van der Waals surface area contributed by atoms with E-state index in [0.717, 1.165) is 107 Å². The van der Waals surface area contributed by atoms with Gasteiger partial charge in [0.05, 0.1) is 5.69 Å². The van der Waals surface area contributed by atoms with E-state index in [9.17, 15) is 0 Å². The zero-order valence-corrected chi connectivity index (χ0v) is 66.8. The van der Waals surface area contributed by atoms with E-state index >= 15 is 0 Å². The molecule has 4 aliphatic rings. The fraction of sp³-hybridized carbons (Fsp3) is 0.111. The number of fused-ring (bicyclic) bond motifs is 8. The van der Waals surface area contributed by atoms with E-state index in [0.29, 0.717) is 0 Å². The van der Waals surface area contributed by atoms with Crippen LogP contribution in [0.1, 0.15) is 66.8 Å². The smallest absolute Gasteiger partial charge is 0.256 e. The van der Waals surface area contributed by atoms with E-state index < -0.39 is 0 Å². The van der Waals surface area contributed by atoms with Crippen molar-refractivity contribution in [2.75, 3.05) is 14.7 Å². The summed E-state index contributed by atoms with van der Waals surface area (Å²) in [5.74, 6) is 1.68. The van der Waals surface area contributed by atoms with Gasteiger partial charge in [-0.2, -0.15) is 0 Å². The van der Waals surface area contributed by atoms with Gasteiger partial charge in [-0.25, -0.2) is 0 Å². The number of ether oxygens (including phenoxy) is 1. The molecule has 0 aliphatic carbocycles. The summed E-state index contributed by atoms with van der Waals surface area (Å²) in [5.41, 5.74) is 51.0. The third-order valence-electron chi connectivity index (χ3n) is 25.3. The Balaban J connectivity index is 0.929. The van der Waals surface area contributed by atoms with E-state index in [2.05, 4.69) is 407 Å². The Morgan fingerprint density at radius 1 is 0.202 bits per heavy atom. The van der Waals surface area contributed by atoms with Crippen molar-refractivity contribution in [3.8, 4) is 101 Å². The summed E-state index contributed by atoms with van der Waals surface area (Å²) < 4.78 is 8.16. The number of nitrogens with zero attached hydrogens (tertiary/aromatic N) is 3. The molecule has 114 heavy (non-hydrogen) atoms. The van der Waals surface area contributed by atoms with Crippen LogP contribution in [0.4, 0.5) is 51.2 Å². The largest absolute Gasteiger partial charge is 0.458 e. The van der Waals surface area contributed by atoms with Gasteiger partial charge >= 0.3 is 0 Å². The van der Waals surface area contributed by atoms with Gasteiger partial charge in [0.25, 0.3) is 13.4 Å². The van der Waals surface area contributed by atoms with Gasteiger partial charge in [0, 0.05) is 62.7 Å². The average Bonchev–Trinajstić information content (AvgIpc) is 0.683. The summed E-state index contributed by atoms with van der Waals surface area (Å²) in [4.78, 5) is 7.85. The lowest BCUT2D eigenvalue weighted by Gasteiger charge is -2.46. The lowest BCUT2D eigenvalue weighted by Crippen LogP contribution is -2.64. The molecule has 16 aromatic carbocycles. The van der Waals surface area contributed by atoms with Crippen molar-refractivity contribution in [2.24, 2.45) is 0 Å². The van der Waals surface area contributed by atoms with Crippen molar-refractivity contribution >= 4 is 97.4 Å². The van der Waals surface area contributed by atoms with Gasteiger partial charge in [0.2, 0.25) is 0 Å². The number of hydrogen-bond acceptors (Lipinski definition) is 4. The molecule has 546 valence electrons. The summed E-state index contributed by atoms with van der Waals surface area (Å²) in [6.45, 7) is 26.5. The highest BCUT2D eigenvalue weighted by Gasteiger charge is 2.49. The van der Waals surface area contributed by atoms with Crippen LogP contribution < -0.4 is 52.2 Å². The summed E-state index contributed by atoms with van der Waals surface area (Å²) in [5, 5.41) is 0. The zero-order chi connectivity index (χ0) is 77.6. The Bertz CT molecular complexity index is 6500. The molecule has 0 spiro atoms. The lowest BCUT2D eigenvalue weighted by atomic mass is 9.30. The van der Waals surface area contributed by atoms with Crippen molar-refractivity contribution < 1.29 is 4.74 Å². The van der Waals surface area contributed by atoms with E-state index in [4.69, 9.17) is 4.74 Å². The predicted molar refractivity (Wildman–Crippen MR) is 487 cm³/mol. The quantitative estimate of drug-likeness (QED) is 0.120. The van der Waals surface area contributed by atoms with Gasteiger partial charge in [-0.3, -0.25) is 0 Å². The van der Waals surface area contributed by atoms with Gasteiger partial charge in [-0.1, -0.05) is 243 Å². The molecular weight excluding hydrogens is 1380 g/mol. The Morgan fingerprint density at radius 2 is 0.518 bits per heavy atom. The molecule has 0 atom stereocenters. The predicted octanol–water partition coefficient (Wildman–Crippen LogP) is 25.2. The second-order valence-electron chi connectivity index (χ2n) is 32.4. The standard InChI is InChI=1S/C108H87B2N3O/c1-64-26-19-27-65(2)100(64)78-44-50-84(51-45-78)111-92-54-48-80(102-68(5)30-21-31-69(102)6)56-88(92)109-90-62-91-98(63-94(90)113(96-59-82(58-95(111)106(96)109)104-72(9)34-23-35-73(104)10)108-86(76-38-15-13-16-39-76)42-25-43-87(108)77-40-17-14-18-41-77)114-99-61-83(105-74(11)36-24-37-75(105)12)60-97-107(99)110(91)89-57-81(103-70(7)32-22-33-71(103)8)49-55-93(89)112(97)85-52-46-79(47-53-85)101-66(3)28-20-29-67(101)4/h13-63H,1-12H3. The highest BCUT2D eigenvalue weighted by molar-refractivity contribution is 7.02. The maximum atomic E-state index is 8.16. The van der Waals surface area contributed by atoms with Crippen LogP contribution in [-0.2, 0) is 0 Å². The van der Waals surface area contributed by atoms with Crippen LogP contribution >= 0.6 is 0 Å². The first-order chi connectivity index (χ1) is 55.5. The molecule has 0 saturated carbocycles. The van der Waals surface area contributed by atoms with Crippen LogP contribution in [0.3, 0.4) is 0 Å². The van der Waals surface area contributed by atoms with Crippen LogP contribution in [-0.4, -0.2) is 13.4 Å². The van der Waals surface area contributed by atoms with E-state index in [-0.39, 0.29) is 13.4 Å². The topological polar surface area (TPSA) is 19.0 Å². The Kier molecular flexibility index (Phi) is 16.8. The first-order valence-corrected chi connectivity index (χ1v) is 40.3. The number of benzene rings is 16. The second kappa shape index (κ2) is 27.4. The molecule has 0 N–H and O–H groups in total. The van der Waals surface area contributed by atoms with Crippen LogP contribution in [0.15, 0.2) is 309 Å². The molecule has 6 heteroatoms. The molecule has 0 fully saturated rings. The van der Waals surface area contributed by atoms with Crippen LogP contribution in [0.2, 0.25) is 0 Å². The van der Waals surface area contributed by atoms with Crippen LogP contribution in [0.25, 0.3) is 89.0 Å². The minimum Gasteiger partial charge on any atom is -0.458 e. The molecule has 0 unspecified atom stereocenters. The summed E-state index contributed by atoms with van der Waals surface area (Å²) >= 11 is 0. The lowest BCUT2D eigenvalue weighted by molar-refractivity contribution is 0.488. The van der Waals surface area contributed by atoms with E-state index in [1.165, 1.54) is 144 Å². The number of aryl methyl sites for hydroxylation is 12. The average molecular weight is 1460 g/mol. The first kappa shape index (κ1) is 70.0. The third-order valence-corrected chi connectivity index (χ3v) is 25.3. The normalized spacial score (nSPS) is 12.7. The minimum atomic E-state index is -0.310. The van der Waals surface area contributed by atoms with Crippen LogP contribution in [0.5, 0.6) is 11.5 Å². The molecule has 0 bridgehead atoms. The molecule has 4 aliphatic heterocycles. The first-order valence-electron chi connectivity index (χ1n) is 40.3. The highest BCUT2D eigenvalue weighted by atomic mass is 16.5. The molecular formula is C108H87B2N3O. The van der Waals surface area contributed by atoms with Gasteiger partial charge in [-0.15, -0.1) is 0 Å². The number of rotatable bonds is 11. The summed E-state index contributed by atoms with van der Waals surface area (Å²) in [7, 11) is 0. The van der Waals surface area contributed by atoms with E-state index in [1.807, 2.05) is 0 Å². The molecule has 0 radical (unpaired) electrons. The van der Waals surface area contributed by atoms with Crippen molar-refractivity contribution in [2.45, 2.75) is 83.1 Å². The zero-order valence-electron chi connectivity index (χ0n) is 66.8. The number of para-hydroxylation sites is 1. The molecule has 4 heterocycles. The van der Waals surface area contributed by atoms with Gasteiger partial charge in [0.1, 0.15) is 11.5 Å². The highest BCUT2D eigenvalue weighted by Crippen LogP contribution is 2.54. The summed E-state index contributed by atoms with van der Waals surface area (Å²) in [6.07, 6.45) is 0. The van der Waals surface area contributed by atoms with Crippen LogP contribution in [0, 0.1) is 83.1 Å². The minimum absolute atomic E-state index is 0.298. The molecule has 16 aromatic rings. The van der Waals surface area contributed by atoms with Crippen molar-refractivity contribution in [3.05, 3.63) is 376 Å². The number of hydrogen-bond donors (Lipinski definition) is 0. The van der Waals surface area contributed by atoms with Crippen molar-refractivity contribution in [1.29, 1.82) is 0 Å². The Morgan fingerprint density at radius 3 is 0.912 bits per heavy atom. The van der Waals surface area contributed by atoms with Gasteiger partial charge in [0.15, 0.2) is 0 Å². The maximum absolute atomic E-state index is 8.16. The maximum Gasteiger partial charge on any atom is 0.256 e.